The molecule has 1 aliphatic carbocycles. The first-order valence-corrected chi connectivity index (χ1v) is 7.97. The van der Waals surface area contributed by atoms with Gasteiger partial charge in [-0.1, -0.05) is 0 Å². The van der Waals surface area contributed by atoms with Crippen LogP contribution in [0.1, 0.15) is 41.6 Å². The summed E-state index contributed by atoms with van der Waals surface area (Å²) in [7, 11) is 0. The molecular weight excluding hydrogens is 290 g/mol. The second kappa shape index (κ2) is 5.63. The summed E-state index contributed by atoms with van der Waals surface area (Å²) in [5.41, 5.74) is -0.307. The van der Waals surface area contributed by atoms with Crippen LogP contribution in [-0.2, 0) is 4.79 Å². The molecule has 1 fully saturated rings. The second-order valence-electron chi connectivity index (χ2n) is 5.48. The smallest absolute Gasteiger partial charge is 0.329 e. The number of rotatable bonds is 5. The summed E-state index contributed by atoms with van der Waals surface area (Å²) in [6.45, 7) is 5.06. The van der Waals surface area contributed by atoms with E-state index in [0.717, 1.165) is 12.8 Å². The first-order chi connectivity index (χ1) is 9.79. The quantitative estimate of drug-likeness (QED) is 0.636. The number of carbonyl (C=O) groups excluding carboxylic acids is 1. The van der Waals surface area contributed by atoms with Crippen LogP contribution in [0.5, 0.6) is 0 Å². The molecule has 0 radical (unpaired) electrons. The van der Waals surface area contributed by atoms with Crippen LogP contribution >= 0.6 is 11.8 Å². The molecule has 1 amide bonds. The fourth-order valence-electron chi connectivity index (χ4n) is 2.38. The third-order valence-electron chi connectivity index (χ3n) is 3.80. The van der Waals surface area contributed by atoms with Crippen molar-refractivity contribution >= 4 is 23.6 Å². The normalized spacial score (nSPS) is 17.1. The van der Waals surface area contributed by atoms with Gasteiger partial charge in [0.2, 0.25) is 0 Å². The summed E-state index contributed by atoms with van der Waals surface area (Å²) in [4.78, 5) is 32.5. The van der Waals surface area contributed by atoms with E-state index in [1.165, 1.54) is 11.8 Å². The summed E-state index contributed by atoms with van der Waals surface area (Å²) < 4.78 is 0. The number of nitrogens with one attached hydrogen (secondary N) is 1. The molecule has 21 heavy (non-hydrogen) atoms. The standard InChI is InChI=1S/C14H19N3O3S/c1-7-10(12(21-4)16-8(2)15-7)11(18)17-14(3,13(19)20)9-5-6-9/h9H,5-6H2,1-4H3,(H,17,18)(H,19,20). The number of aromatic nitrogens is 2. The van der Waals surface area contributed by atoms with Gasteiger partial charge < -0.3 is 10.4 Å². The van der Waals surface area contributed by atoms with E-state index in [-0.39, 0.29) is 5.92 Å². The summed E-state index contributed by atoms with van der Waals surface area (Å²) in [6.07, 6.45) is 3.47. The van der Waals surface area contributed by atoms with Crippen molar-refractivity contribution in [2.24, 2.45) is 5.92 Å². The molecule has 2 rings (SSSR count). The van der Waals surface area contributed by atoms with Gasteiger partial charge in [-0.2, -0.15) is 0 Å². The minimum atomic E-state index is -1.23. The lowest BCUT2D eigenvalue weighted by Gasteiger charge is -2.26. The molecule has 1 aromatic heterocycles. The average molecular weight is 309 g/mol. The van der Waals surface area contributed by atoms with Gasteiger partial charge in [-0.05, 0) is 45.8 Å². The molecule has 1 aliphatic rings. The number of nitrogens with zero attached hydrogens (tertiary/aromatic N) is 2. The predicted molar refractivity (Wildman–Crippen MR) is 79.5 cm³/mol. The molecule has 7 heteroatoms. The van der Waals surface area contributed by atoms with E-state index in [1.54, 1.807) is 20.8 Å². The zero-order chi connectivity index (χ0) is 15.8. The van der Waals surface area contributed by atoms with Gasteiger partial charge in [-0.25, -0.2) is 14.8 Å². The Hall–Kier alpha value is -1.63. The van der Waals surface area contributed by atoms with Crippen LogP contribution in [0.4, 0.5) is 0 Å². The molecule has 1 atom stereocenters. The zero-order valence-corrected chi connectivity index (χ0v) is 13.4. The molecular formula is C14H19N3O3S. The fourth-order valence-corrected chi connectivity index (χ4v) is 3.05. The maximum absolute atomic E-state index is 12.5. The Balaban J connectivity index is 2.34. The van der Waals surface area contributed by atoms with Gasteiger partial charge >= 0.3 is 5.97 Å². The van der Waals surface area contributed by atoms with E-state index >= 15 is 0 Å². The van der Waals surface area contributed by atoms with Crippen LogP contribution in [0.25, 0.3) is 0 Å². The SMILES string of the molecule is CSc1nc(C)nc(C)c1C(=O)NC(C)(C(=O)O)C1CC1. The molecule has 0 spiro atoms. The number of thioether (sulfide) groups is 1. The number of hydrogen-bond acceptors (Lipinski definition) is 5. The van der Waals surface area contributed by atoms with Crippen molar-refractivity contribution < 1.29 is 14.7 Å². The number of carboxylic acids is 1. The Kier molecular flexibility index (Phi) is 4.22. The minimum absolute atomic E-state index is 0.0108. The van der Waals surface area contributed by atoms with Gasteiger partial charge in [-0.15, -0.1) is 11.8 Å². The molecule has 0 aromatic carbocycles. The highest BCUT2D eigenvalue weighted by molar-refractivity contribution is 7.98. The largest absolute Gasteiger partial charge is 0.480 e. The summed E-state index contributed by atoms with van der Waals surface area (Å²) in [6, 6.07) is 0. The highest BCUT2D eigenvalue weighted by Crippen LogP contribution is 2.40. The van der Waals surface area contributed by atoms with Gasteiger partial charge in [0.05, 0.1) is 11.3 Å². The Labute approximate surface area is 127 Å². The van der Waals surface area contributed by atoms with Crippen molar-refractivity contribution in [3.8, 4) is 0 Å². The first-order valence-electron chi connectivity index (χ1n) is 6.74. The van der Waals surface area contributed by atoms with Crippen molar-refractivity contribution in [3.63, 3.8) is 0 Å². The summed E-state index contributed by atoms with van der Waals surface area (Å²) in [5, 5.41) is 12.7. The maximum atomic E-state index is 12.5. The van der Waals surface area contributed by atoms with Gasteiger partial charge in [0.15, 0.2) is 0 Å². The predicted octanol–water partition coefficient (Wildman–Crippen LogP) is 1.80. The van der Waals surface area contributed by atoms with E-state index in [0.29, 0.717) is 22.1 Å². The van der Waals surface area contributed by atoms with Crippen LogP contribution in [0.2, 0.25) is 0 Å². The van der Waals surface area contributed by atoms with Crippen molar-refractivity contribution in [1.82, 2.24) is 15.3 Å². The minimum Gasteiger partial charge on any atom is -0.480 e. The van der Waals surface area contributed by atoms with Crippen LogP contribution in [0.15, 0.2) is 5.03 Å². The van der Waals surface area contributed by atoms with Crippen LogP contribution in [0.3, 0.4) is 0 Å². The Morgan fingerprint density at radius 2 is 1.95 bits per heavy atom. The van der Waals surface area contributed by atoms with E-state index in [4.69, 9.17) is 0 Å². The van der Waals surface area contributed by atoms with E-state index in [9.17, 15) is 14.7 Å². The van der Waals surface area contributed by atoms with Crippen molar-refractivity contribution in [2.45, 2.75) is 44.2 Å². The number of aliphatic carboxylic acids is 1. The summed E-state index contributed by atoms with van der Waals surface area (Å²) in [5.74, 6) is -0.844. The van der Waals surface area contributed by atoms with E-state index in [2.05, 4.69) is 15.3 Å². The van der Waals surface area contributed by atoms with Gasteiger partial charge in [0.1, 0.15) is 16.4 Å². The molecule has 6 nitrogen and oxygen atoms in total. The maximum Gasteiger partial charge on any atom is 0.329 e. The zero-order valence-electron chi connectivity index (χ0n) is 12.6. The van der Waals surface area contributed by atoms with Gasteiger partial charge in [0, 0.05) is 0 Å². The second-order valence-corrected chi connectivity index (χ2v) is 6.27. The van der Waals surface area contributed by atoms with Crippen molar-refractivity contribution in [3.05, 3.63) is 17.1 Å². The van der Waals surface area contributed by atoms with E-state index in [1.807, 2.05) is 6.26 Å². The lowest BCUT2D eigenvalue weighted by Crippen LogP contribution is -2.54. The molecule has 1 aromatic rings. The number of carbonyl (C=O) groups is 2. The van der Waals surface area contributed by atoms with Crippen LogP contribution in [-0.4, -0.2) is 38.7 Å². The van der Waals surface area contributed by atoms with Crippen LogP contribution in [0, 0.1) is 19.8 Å². The van der Waals surface area contributed by atoms with Crippen molar-refractivity contribution in [2.75, 3.05) is 6.26 Å². The number of hydrogen-bond donors (Lipinski definition) is 2. The van der Waals surface area contributed by atoms with E-state index < -0.39 is 17.4 Å². The molecule has 1 saturated carbocycles. The lowest BCUT2D eigenvalue weighted by atomic mass is 9.95. The highest BCUT2D eigenvalue weighted by atomic mass is 32.2. The Morgan fingerprint density at radius 3 is 2.43 bits per heavy atom. The molecule has 0 saturated heterocycles. The molecule has 2 N–H and O–H groups in total. The monoisotopic (exact) mass is 309 g/mol. The molecule has 114 valence electrons. The lowest BCUT2D eigenvalue weighted by molar-refractivity contribution is -0.144. The Morgan fingerprint density at radius 1 is 1.33 bits per heavy atom. The fraction of sp³-hybridized carbons (Fsp3) is 0.571. The third kappa shape index (κ3) is 3.02. The molecule has 1 heterocycles. The highest BCUT2D eigenvalue weighted by Gasteiger charge is 2.49. The first kappa shape index (κ1) is 15.8. The number of carboxylic acid groups (broad SMARTS) is 1. The third-order valence-corrected chi connectivity index (χ3v) is 4.48. The van der Waals surface area contributed by atoms with Gasteiger partial charge in [-0.3, -0.25) is 4.79 Å². The Bertz CT molecular complexity index is 601. The average Bonchev–Trinajstić information content (AvgIpc) is 3.21. The van der Waals surface area contributed by atoms with Crippen LogP contribution < -0.4 is 5.32 Å². The van der Waals surface area contributed by atoms with Crippen molar-refractivity contribution in [1.29, 1.82) is 0 Å². The van der Waals surface area contributed by atoms with Gasteiger partial charge in [0.25, 0.3) is 5.91 Å². The topological polar surface area (TPSA) is 92.2 Å². The number of amides is 1. The molecule has 0 bridgehead atoms. The molecule has 0 aliphatic heterocycles. The molecule has 1 unspecified atom stereocenters. The number of aryl methyl sites for hydroxylation is 2. The summed E-state index contributed by atoms with van der Waals surface area (Å²) >= 11 is 1.35.